The molecule has 0 amide bonds. The Morgan fingerprint density at radius 1 is 0.410 bits per heavy atom. The Morgan fingerprint density at radius 2 is 0.949 bits per heavy atom. The van der Waals surface area contributed by atoms with Gasteiger partial charge >= 0.3 is 0 Å². The highest BCUT2D eigenvalue weighted by Gasteiger charge is 2.53. The van der Waals surface area contributed by atoms with Gasteiger partial charge in [-0.25, -0.2) is 0 Å². The molecule has 0 N–H and O–H groups in total. The zero-order valence-electron chi connectivity index (χ0n) is 21.4. The van der Waals surface area contributed by atoms with E-state index in [1.807, 2.05) is 0 Å². The lowest BCUT2D eigenvalue weighted by atomic mass is 9.34. The van der Waals surface area contributed by atoms with Gasteiger partial charge in [0.25, 0.3) is 0 Å². The number of nitrogens with zero attached hydrogens (tertiary/aromatic N) is 1. The molecule has 0 unspecified atom stereocenters. The summed E-state index contributed by atoms with van der Waals surface area (Å²) in [7, 11) is 0. The topological polar surface area (TPSA) is 3.24 Å². The molecule has 39 heavy (non-hydrogen) atoms. The Balaban J connectivity index is 1.48. The fourth-order valence-corrected chi connectivity index (χ4v) is 7.77. The summed E-state index contributed by atoms with van der Waals surface area (Å²) < 4.78 is 0. The van der Waals surface area contributed by atoms with Crippen LogP contribution in [0.2, 0.25) is 0 Å². The molecule has 2 heteroatoms. The summed E-state index contributed by atoms with van der Waals surface area (Å²) in [4.78, 5) is 2.55. The van der Waals surface area contributed by atoms with Crippen molar-refractivity contribution in [3.63, 3.8) is 0 Å². The predicted octanol–water partition coefficient (Wildman–Crippen LogP) is 6.66. The molecule has 2 heterocycles. The van der Waals surface area contributed by atoms with Crippen molar-refractivity contribution in [2.75, 3.05) is 4.90 Å². The van der Waals surface area contributed by atoms with Crippen molar-refractivity contribution < 1.29 is 0 Å². The number of anilines is 3. The van der Waals surface area contributed by atoms with Gasteiger partial charge < -0.3 is 4.90 Å². The summed E-state index contributed by atoms with van der Waals surface area (Å²) in [6, 6.07) is 54.2. The summed E-state index contributed by atoms with van der Waals surface area (Å²) in [5, 5.41) is 0. The normalized spacial score (nSPS) is 14.8. The van der Waals surface area contributed by atoms with Crippen molar-refractivity contribution >= 4 is 40.2 Å². The largest absolute Gasteiger partial charge is 0.311 e. The Hall–Kier alpha value is -4.82. The second-order valence-electron chi connectivity index (χ2n) is 10.8. The molecule has 6 aromatic rings. The maximum Gasteiger partial charge on any atom is 0.246 e. The van der Waals surface area contributed by atoms with Crippen molar-refractivity contribution in [2.45, 2.75) is 5.41 Å². The van der Waals surface area contributed by atoms with Crippen LogP contribution >= 0.6 is 0 Å². The first kappa shape index (κ1) is 21.2. The third kappa shape index (κ3) is 2.52. The second-order valence-corrected chi connectivity index (χ2v) is 10.8. The third-order valence-corrected chi connectivity index (χ3v) is 9.13. The van der Waals surface area contributed by atoms with Gasteiger partial charge in [0.05, 0.1) is 11.1 Å². The Kier molecular flexibility index (Phi) is 4.13. The van der Waals surface area contributed by atoms with Crippen molar-refractivity contribution in [2.24, 2.45) is 0 Å². The van der Waals surface area contributed by atoms with Crippen LogP contribution in [0, 0.1) is 0 Å². The molecule has 9 rings (SSSR count). The molecule has 1 spiro atoms. The first-order valence-electron chi connectivity index (χ1n) is 13.8. The molecule has 1 nitrogen and oxygen atoms in total. The summed E-state index contributed by atoms with van der Waals surface area (Å²) in [5.41, 5.74) is 15.7. The molecule has 180 valence electrons. The van der Waals surface area contributed by atoms with Crippen LogP contribution in [0.4, 0.5) is 17.1 Å². The lowest BCUT2D eigenvalue weighted by Gasteiger charge is -2.48. The molecular formula is C37H24BN. The number of hydrogen-bond donors (Lipinski definition) is 0. The van der Waals surface area contributed by atoms with Crippen LogP contribution in [0.5, 0.6) is 0 Å². The summed E-state index contributed by atoms with van der Waals surface area (Å²) >= 11 is 0. The van der Waals surface area contributed by atoms with E-state index in [1.54, 1.807) is 0 Å². The van der Waals surface area contributed by atoms with E-state index in [2.05, 4.69) is 150 Å². The minimum Gasteiger partial charge on any atom is -0.311 e. The SMILES string of the molecule is c1ccc(B2c3ccccc3N3c4ccccc4C4(c5ccccc5-c5ccccc54)c4cccc2c43)cc1. The number of para-hydroxylation sites is 3. The van der Waals surface area contributed by atoms with Crippen LogP contribution in [0.3, 0.4) is 0 Å². The van der Waals surface area contributed by atoms with Gasteiger partial charge in [0, 0.05) is 11.4 Å². The molecular weight excluding hydrogens is 469 g/mol. The molecule has 0 bridgehead atoms. The van der Waals surface area contributed by atoms with Gasteiger partial charge in [-0.15, -0.1) is 0 Å². The number of hydrogen-bond acceptors (Lipinski definition) is 1. The molecule has 0 saturated heterocycles. The molecule has 6 aromatic carbocycles. The maximum absolute atomic E-state index is 2.55. The minimum absolute atomic E-state index is 0.169. The van der Waals surface area contributed by atoms with E-state index >= 15 is 0 Å². The van der Waals surface area contributed by atoms with Crippen LogP contribution in [0.15, 0.2) is 146 Å². The summed E-state index contributed by atoms with van der Waals surface area (Å²) in [5.74, 6) is 0. The fraction of sp³-hybridized carbons (Fsp3) is 0.0270. The lowest BCUT2D eigenvalue weighted by Crippen LogP contribution is -2.58. The summed E-state index contributed by atoms with van der Waals surface area (Å²) in [6.07, 6.45) is 0. The van der Waals surface area contributed by atoms with Crippen molar-refractivity contribution in [3.05, 3.63) is 168 Å². The molecule has 0 saturated carbocycles. The van der Waals surface area contributed by atoms with E-state index in [9.17, 15) is 0 Å². The average Bonchev–Trinajstić information content (AvgIpc) is 3.30. The summed E-state index contributed by atoms with van der Waals surface area (Å²) in [6.45, 7) is 0.169. The Bertz CT molecular complexity index is 1890. The molecule has 2 aliphatic heterocycles. The number of fused-ring (bicyclic) bond motifs is 11. The quantitative estimate of drug-likeness (QED) is 0.231. The van der Waals surface area contributed by atoms with E-state index < -0.39 is 0 Å². The number of benzene rings is 6. The molecule has 0 atom stereocenters. The highest BCUT2D eigenvalue weighted by Crippen LogP contribution is 2.63. The predicted molar refractivity (Wildman–Crippen MR) is 163 cm³/mol. The van der Waals surface area contributed by atoms with Gasteiger partial charge in [0.15, 0.2) is 0 Å². The standard InChI is InChI=1S/C37H24BN/c1-2-13-25(14-3-1)38-32-21-9-11-24-35(32)39-34-23-10-8-19-30(34)37(31-20-12-22-33(38)36(31)39)28-17-6-4-15-26(28)27-16-5-7-18-29(27)37/h1-24H. The molecule has 1 aliphatic carbocycles. The van der Waals surface area contributed by atoms with Crippen molar-refractivity contribution in [1.82, 2.24) is 0 Å². The van der Waals surface area contributed by atoms with E-state index in [4.69, 9.17) is 0 Å². The Labute approximate surface area is 229 Å². The van der Waals surface area contributed by atoms with Crippen LogP contribution in [0.25, 0.3) is 11.1 Å². The van der Waals surface area contributed by atoms with Crippen molar-refractivity contribution in [3.8, 4) is 11.1 Å². The lowest BCUT2D eigenvalue weighted by molar-refractivity contribution is 0.753. The first-order chi connectivity index (χ1) is 19.4. The van der Waals surface area contributed by atoms with Gasteiger partial charge in [-0.2, -0.15) is 0 Å². The monoisotopic (exact) mass is 493 g/mol. The first-order valence-corrected chi connectivity index (χ1v) is 13.8. The Morgan fingerprint density at radius 3 is 1.69 bits per heavy atom. The number of rotatable bonds is 1. The van der Waals surface area contributed by atoms with E-state index in [0.29, 0.717) is 0 Å². The smallest absolute Gasteiger partial charge is 0.246 e. The highest BCUT2D eigenvalue weighted by molar-refractivity contribution is 6.98. The fourth-order valence-electron chi connectivity index (χ4n) is 7.77. The highest BCUT2D eigenvalue weighted by atomic mass is 15.2. The van der Waals surface area contributed by atoms with Crippen LogP contribution in [-0.2, 0) is 5.41 Å². The molecule has 0 aromatic heterocycles. The van der Waals surface area contributed by atoms with Gasteiger partial charge in [0.1, 0.15) is 0 Å². The van der Waals surface area contributed by atoms with Gasteiger partial charge in [-0.05, 0) is 56.4 Å². The minimum atomic E-state index is -0.376. The molecule has 3 aliphatic rings. The zero-order valence-corrected chi connectivity index (χ0v) is 21.4. The zero-order chi connectivity index (χ0) is 25.6. The van der Waals surface area contributed by atoms with Crippen LogP contribution < -0.4 is 21.3 Å². The van der Waals surface area contributed by atoms with E-state index in [0.717, 1.165) is 0 Å². The van der Waals surface area contributed by atoms with E-state index in [1.165, 1.54) is 66.8 Å². The van der Waals surface area contributed by atoms with Crippen LogP contribution in [-0.4, -0.2) is 6.71 Å². The average molecular weight is 493 g/mol. The van der Waals surface area contributed by atoms with Crippen molar-refractivity contribution in [1.29, 1.82) is 0 Å². The molecule has 0 fully saturated rings. The van der Waals surface area contributed by atoms with E-state index in [-0.39, 0.29) is 12.1 Å². The molecule has 0 radical (unpaired) electrons. The second kappa shape index (κ2) is 7.62. The van der Waals surface area contributed by atoms with Crippen LogP contribution in [0.1, 0.15) is 22.3 Å². The third-order valence-electron chi connectivity index (χ3n) is 9.13. The maximum atomic E-state index is 2.55. The van der Waals surface area contributed by atoms with Gasteiger partial charge in [0.2, 0.25) is 6.71 Å². The van der Waals surface area contributed by atoms with Gasteiger partial charge in [-0.3, -0.25) is 0 Å². The van der Waals surface area contributed by atoms with Gasteiger partial charge in [-0.1, -0.05) is 139 Å².